The summed E-state index contributed by atoms with van der Waals surface area (Å²) in [5.74, 6) is 1.50. The van der Waals surface area contributed by atoms with E-state index in [-0.39, 0.29) is 4.90 Å². The Labute approximate surface area is 161 Å². The van der Waals surface area contributed by atoms with Gasteiger partial charge in [0.15, 0.2) is 0 Å². The van der Waals surface area contributed by atoms with E-state index in [1.54, 1.807) is 24.3 Å². The first kappa shape index (κ1) is 18.7. The predicted molar refractivity (Wildman–Crippen MR) is 104 cm³/mol. The molecule has 4 heterocycles. The smallest absolute Gasteiger partial charge is 0.240 e. The van der Waals surface area contributed by atoms with Gasteiger partial charge >= 0.3 is 0 Å². The van der Waals surface area contributed by atoms with E-state index >= 15 is 0 Å². The van der Waals surface area contributed by atoms with Gasteiger partial charge in [-0.25, -0.2) is 13.1 Å². The Morgan fingerprint density at radius 1 is 1.12 bits per heavy atom. The van der Waals surface area contributed by atoms with Gasteiger partial charge in [0.05, 0.1) is 4.90 Å². The van der Waals surface area contributed by atoms with Gasteiger partial charge in [-0.05, 0) is 81.4 Å². The number of nitrogens with zero attached hydrogens (tertiary/aromatic N) is 2. The number of fused-ring (bicyclic) bond motifs is 3. The average molecular weight is 398 g/mol. The molecule has 1 aromatic rings. The van der Waals surface area contributed by atoms with Gasteiger partial charge in [-0.15, -0.1) is 0 Å². The van der Waals surface area contributed by atoms with Crippen molar-refractivity contribution in [3.05, 3.63) is 29.3 Å². The molecule has 26 heavy (non-hydrogen) atoms. The van der Waals surface area contributed by atoms with E-state index < -0.39 is 10.0 Å². The molecule has 0 amide bonds. The molecule has 1 aromatic carbocycles. The Morgan fingerprint density at radius 2 is 1.85 bits per heavy atom. The molecule has 0 aromatic heterocycles. The lowest BCUT2D eigenvalue weighted by atomic mass is 9.75. The summed E-state index contributed by atoms with van der Waals surface area (Å²) in [5.41, 5.74) is 0. The van der Waals surface area contributed by atoms with E-state index in [0.717, 1.165) is 31.3 Å². The highest BCUT2D eigenvalue weighted by molar-refractivity contribution is 7.89. The minimum absolute atomic E-state index is 0.282. The fraction of sp³-hybridized carbons (Fsp3) is 0.684. The van der Waals surface area contributed by atoms with Gasteiger partial charge in [-0.1, -0.05) is 11.6 Å². The Bertz CT molecular complexity index is 719. The molecule has 4 aliphatic rings. The lowest BCUT2D eigenvalue weighted by molar-refractivity contribution is -0.00770. The molecule has 1 unspecified atom stereocenters. The van der Waals surface area contributed by atoms with Crippen LogP contribution in [-0.4, -0.2) is 63.5 Å². The Kier molecular flexibility index (Phi) is 5.58. The van der Waals surface area contributed by atoms with Crippen molar-refractivity contribution in [2.45, 2.75) is 36.6 Å². The van der Waals surface area contributed by atoms with Gasteiger partial charge in [-0.3, -0.25) is 4.90 Å². The second kappa shape index (κ2) is 7.76. The Morgan fingerprint density at radius 3 is 2.50 bits per heavy atom. The highest BCUT2D eigenvalue weighted by Gasteiger charge is 2.40. The number of nitrogens with one attached hydrogen (secondary N) is 1. The molecule has 4 aliphatic heterocycles. The molecule has 0 spiro atoms. The van der Waals surface area contributed by atoms with Crippen LogP contribution in [0.2, 0.25) is 5.02 Å². The maximum absolute atomic E-state index is 12.5. The van der Waals surface area contributed by atoms with Gasteiger partial charge in [0.25, 0.3) is 0 Å². The van der Waals surface area contributed by atoms with E-state index in [4.69, 9.17) is 11.6 Å². The van der Waals surface area contributed by atoms with Crippen LogP contribution in [0.15, 0.2) is 29.2 Å². The number of halogens is 1. The number of piperidine rings is 3. The normalized spacial score (nSPS) is 32.2. The maximum Gasteiger partial charge on any atom is 0.240 e. The lowest BCUT2D eigenvalue weighted by Gasteiger charge is -2.50. The first-order valence-electron chi connectivity index (χ1n) is 9.73. The van der Waals surface area contributed by atoms with Crippen LogP contribution in [0.1, 0.15) is 25.7 Å². The van der Waals surface area contributed by atoms with E-state index in [0.29, 0.717) is 17.6 Å². The molecule has 1 N–H and O–H groups in total. The van der Waals surface area contributed by atoms with Gasteiger partial charge in [0.2, 0.25) is 10.0 Å². The minimum atomic E-state index is -3.47. The third kappa shape index (κ3) is 4.09. The zero-order chi connectivity index (χ0) is 18.1. The maximum atomic E-state index is 12.5. The van der Waals surface area contributed by atoms with E-state index in [2.05, 4.69) is 14.5 Å². The summed E-state index contributed by atoms with van der Waals surface area (Å²) in [6.45, 7) is 6.46. The van der Waals surface area contributed by atoms with Crippen molar-refractivity contribution in [1.29, 1.82) is 0 Å². The minimum Gasteiger partial charge on any atom is -0.303 e. The predicted octanol–water partition coefficient (Wildman–Crippen LogP) is 2.42. The van der Waals surface area contributed by atoms with Crippen molar-refractivity contribution >= 4 is 21.6 Å². The molecule has 144 valence electrons. The molecule has 4 atom stereocenters. The zero-order valence-electron chi connectivity index (χ0n) is 15.1. The van der Waals surface area contributed by atoms with Crippen LogP contribution in [0.3, 0.4) is 0 Å². The number of hydrogen-bond acceptors (Lipinski definition) is 4. The second-order valence-electron chi connectivity index (χ2n) is 8.01. The highest BCUT2D eigenvalue weighted by atomic mass is 35.5. The molecule has 0 saturated carbocycles. The largest absolute Gasteiger partial charge is 0.303 e. The third-order valence-corrected chi connectivity index (χ3v) is 8.03. The monoisotopic (exact) mass is 397 g/mol. The van der Waals surface area contributed by atoms with E-state index in [9.17, 15) is 8.42 Å². The first-order valence-corrected chi connectivity index (χ1v) is 11.6. The van der Waals surface area contributed by atoms with E-state index in [1.807, 2.05) is 0 Å². The summed E-state index contributed by atoms with van der Waals surface area (Å²) >= 11 is 5.85. The Balaban J connectivity index is 1.33. The fourth-order valence-corrected chi connectivity index (χ4v) is 6.07. The SMILES string of the molecule is O=S(=O)(NC[C@H]1C[C@@H]2CCN1C[C@@H]2CN1CCCC1)c1ccc(Cl)cc1. The molecule has 5 nitrogen and oxygen atoms in total. The number of likely N-dealkylation sites (tertiary alicyclic amines) is 1. The van der Waals surface area contributed by atoms with Crippen molar-refractivity contribution < 1.29 is 8.42 Å². The van der Waals surface area contributed by atoms with Crippen molar-refractivity contribution in [2.75, 3.05) is 39.3 Å². The standard InChI is InChI=1S/C19H28ClN3O2S/c20-17-3-5-19(6-4-17)26(24,25)21-12-18-11-15-7-10-23(18)14-16(15)13-22-8-1-2-9-22/h3-6,15-16,18,21H,1-2,7-14H2/t15-,16-,18+/m0/s1. The highest BCUT2D eigenvalue weighted by Crippen LogP contribution is 2.37. The van der Waals surface area contributed by atoms with Crippen LogP contribution in [0.5, 0.6) is 0 Å². The number of hydrogen-bond donors (Lipinski definition) is 1. The summed E-state index contributed by atoms with van der Waals surface area (Å²) in [7, 11) is -3.47. The van der Waals surface area contributed by atoms with Gasteiger partial charge in [-0.2, -0.15) is 0 Å². The van der Waals surface area contributed by atoms with Gasteiger partial charge < -0.3 is 4.90 Å². The molecule has 2 bridgehead atoms. The van der Waals surface area contributed by atoms with Crippen molar-refractivity contribution in [1.82, 2.24) is 14.5 Å². The molecule has 7 heteroatoms. The lowest BCUT2D eigenvalue weighted by Crippen LogP contribution is -2.58. The summed E-state index contributed by atoms with van der Waals surface area (Å²) < 4.78 is 27.8. The summed E-state index contributed by atoms with van der Waals surface area (Å²) in [4.78, 5) is 5.40. The Hall–Kier alpha value is -0.660. The molecule has 4 saturated heterocycles. The van der Waals surface area contributed by atoms with Gasteiger partial charge in [0, 0.05) is 30.7 Å². The van der Waals surface area contributed by atoms with E-state index in [1.165, 1.54) is 38.9 Å². The average Bonchev–Trinajstić information content (AvgIpc) is 3.14. The molecule has 4 fully saturated rings. The van der Waals surface area contributed by atoms with Crippen LogP contribution < -0.4 is 4.72 Å². The number of rotatable bonds is 6. The van der Waals surface area contributed by atoms with Crippen LogP contribution in [-0.2, 0) is 10.0 Å². The number of sulfonamides is 1. The van der Waals surface area contributed by atoms with Crippen molar-refractivity contribution in [3.8, 4) is 0 Å². The molecule has 0 radical (unpaired) electrons. The topological polar surface area (TPSA) is 52.7 Å². The summed E-state index contributed by atoms with van der Waals surface area (Å²) in [5, 5.41) is 0.545. The van der Waals surface area contributed by atoms with Crippen molar-refractivity contribution in [2.24, 2.45) is 11.8 Å². The molecular weight excluding hydrogens is 370 g/mol. The number of benzene rings is 1. The quantitative estimate of drug-likeness (QED) is 0.800. The van der Waals surface area contributed by atoms with Crippen LogP contribution in [0, 0.1) is 11.8 Å². The zero-order valence-corrected chi connectivity index (χ0v) is 16.7. The third-order valence-electron chi connectivity index (χ3n) is 6.34. The van der Waals surface area contributed by atoms with Crippen molar-refractivity contribution in [3.63, 3.8) is 0 Å². The van der Waals surface area contributed by atoms with Crippen LogP contribution in [0.4, 0.5) is 0 Å². The summed E-state index contributed by atoms with van der Waals surface area (Å²) in [6.07, 6.45) is 5.06. The second-order valence-corrected chi connectivity index (χ2v) is 10.2. The first-order chi connectivity index (χ1) is 12.5. The molecule has 0 aliphatic carbocycles. The fourth-order valence-electron chi connectivity index (χ4n) is 4.87. The molecular formula is C19H28ClN3O2S. The molecule has 5 rings (SSSR count). The van der Waals surface area contributed by atoms with Gasteiger partial charge in [0.1, 0.15) is 0 Å². The van der Waals surface area contributed by atoms with Crippen LogP contribution in [0.25, 0.3) is 0 Å². The van der Waals surface area contributed by atoms with Crippen LogP contribution >= 0.6 is 11.6 Å². The summed E-state index contributed by atoms with van der Waals surface area (Å²) in [6, 6.07) is 6.68.